The minimum atomic E-state index is -0.964. The minimum absolute atomic E-state index is 0.0536. The SMILES string of the molecule is CC(=O)N[C@@H](CO)C(=O)NCCOCCOCCNC(=O)CCCCCCCCCCCCCCCCC(=O)O. The van der Waals surface area contributed by atoms with Crippen molar-refractivity contribution in [3.8, 4) is 0 Å². The van der Waals surface area contributed by atoms with Crippen LogP contribution in [0.5, 0.6) is 0 Å². The number of carboxylic acid groups (broad SMARTS) is 1. The number of aliphatic hydroxyl groups is 1. The van der Waals surface area contributed by atoms with Crippen molar-refractivity contribution in [1.82, 2.24) is 16.0 Å². The predicted molar refractivity (Wildman–Crippen MR) is 154 cm³/mol. The molecule has 1 atom stereocenters. The van der Waals surface area contributed by atoms with Gasteiger partial charge >= 0.3 is 5.97 Å². The first-order chi connectivity index (χ1) is 19.4. The largest absolute Gasteiger partial charge is 0.481 e. The summed E-state index contributed by atoms with van der Waals surface area (Å²) >= 11 is 0. The summed E-state index contributed by atoms with van der Waals surface area (Å²) in [4.78, 5) is 45.1. The van der Waals surface area contributed by atoms with Crippen molar-refractivity contribution in [2.45, 2.75) is 116 Å². The Morgan fingerprint density at radius 3 is 1.48 bits per heavy atom. The number of aliphatic carboxylic acids is 1. The summed E-state index contributed by atoms with van der Waals surface area (Å²) < 4.78 is 10.8. The van der Waals surface area contributed by atoms with Gasteiger partial charge in [-0.05, 0) is 12.8 Å². The molecule has 0 aliphatic rings. The van der Waals surface area contributed by atoms with Crippen LogP contribution in [0.3, 0.4) is 0 Å². The molecule has 0 aromatic rings. The average molecular weight is 574 g/mol. The van der Waals surface area contributed by atoms with Crippen LogP contribution in [0.2, 0.25) is 0 Å². The van der Waals surface area contributed by atoms with Gasteiger partial charge in [-0.15, -0.1) is 0 Å². The van der Waals surface area contributed by atoms with Crippen LogP contribution in [0.25, 0.3) is 0 Å². The highest BCUT2D eigenvalue weighted by atomic mass is 16.5. The second kappa shape index (κ2) is 28.3. The van der Waals surface area contributed by atoms with Crippen molar-refractivity contribution in [2.75, 3.05) is 46.1 Å². The molecular formula is C29H55N3O8. The molecule has 0 radical (unpaired) electrons. The van der Waals surface area contributed by atoms with Crippen molar-refractivity contribution in [3.05, 3.63) is 0 Å². The van der Waals surface area contributed by atoms with Gasteiger partial charge < -0.3 is 35.6 Å². The van der Waals surface area contributed by atoms with E-state index in [1.54, 1.807) is 0 Å². The molecule has 0 unspecified atom stereocenters. The van der Waals surface area contributed by atoms with Crippen LogP contribution in [0.1, 0.15) is 110 Å². The molecule has 0 bridgehead atoms. The lowest BCUT2D eigenvalue weighted by Crippen LogP contribution is -2.48. The molecule has 0 aromatic heterocycles. The predicted octanol–water partition coefficient (Wildman–Crippen LogP) is 3.08. The van der Waals surface area contributed by atoms with Crippen molar-refractivity contribution < 1.29 is 38.9 Å². The fourth-order valence-electron chi connectivity index (χ4n) is 4.17. The highest BCUT2D eigenvalue weighted by Gasteiger charge is 2.17. The zero-order valence-corrected chi connectivity index (χ0v) is 24.7. The van der Waals surface area contributed by atoms with E-state index in [1.807, 2.05) is 0 Å². The molecule has 11 nitrogen and oxygen atoms in total. The van der Waals surface area contributed by atoms with Crippen LogP contribution in [-0.2, 0) is 28.7 Å². The summed E-state index contributed by atoms with van der Waals surface area (Å²) in [5.41, 5.74) is 0. The van der Waals surface area contributed by atoms with Gasteiger partial charge in [0.1, 0.15) is 6.04 Å². The lowest BCUT2D eigenvalue weighted by molar-refractivity contribution is -0.137. The number of unbranched alkanes of at least 4 members (excludes halogenated alkanes) is 13. The molecule has 0 saturated heterocycles. The summed E-state index contributed by atoms with van der Waals surface area (Å²) in [6.45, 7) is 2.95. The van der Waals surface area contributed by atoms with Crippen LogP contribution >= 0.6 is 0 Å². The van der Waals surface area contributed by atoms with Gasteiger partial charge in [-0.1, -0.05) is 77.0 Å². The molecule has 234 valence electrons. The van der Waals surface area contributed by atoms with Gasteiger partial charge in [0, 0.05) is 32.9 Å². The Morgan fingerprint density at radius 1 is 0.625 bits per heavy atom. The molecule has 0 aromatic carbocycles. The molecule has 11 heteroatoms. The van der Waals surface area contributed by atoms with Crippen LogP contribution in [0.15, 0.2) is 0 Å². The molecule has 0 aliphatic carbocycles. The summed E-state index contributed by atoms with van der Waals surface area (Å²) in [5.74, 6) is -1.49. The Labute approximate surface area is 240 Å². The number of carbonyl (C=O) groups is 4. The molecule has 0 saturated carbocycles. The number of aliphatic hydroxyl groups excluding tert-OH is 1. The smallest absolute Gasteiger partial charge is 0.303 e. The topological polar surface area (TPSA) is 163 Å². The van der Waals surface area contributed by atoms with Gasteiger partial charge in [-0.25, -0.2) is 0 Å². The van der Waals surface area contributed by atoms with E-state index in [2.05, 4.69) is 16.0 Å². The number of hydrogen-bond donors (Lipinski definition) is 5. The first kappa shape index (κ1) is 37.8. The lowest BCUT2D eigenvalue weighted by Gasteiger charge is -2.15. The van der Waals surface area contributed by atoms with Gasteiger partial charge in [0.25, 0.3) is 0 Å². The van der Waals surface area contributed by atoms with E-state index in [1.165, 1.54) is 64.7 Å². The molecule has 40 heavy (non-hydrogen) atoms. The molecule has 0 aliphatic heterocycles. The summed E-state index contributed by atoms with van der Waals surface area (Å²) in [6, 6.07) is -0.964. The highest BCUT2D eigenvalue weighted by Crippen LogP contribution is 2.13. The minimum Gasteiger partial charge on any atom is -0.481 e. The standard InChI is InChI=1S/C29H55N3O8/c1-25(34)32-26(24-33)29(38)31-19-21-40-23-22-39-20-18-30-27(35)16-14-12-10-8-6-4-2-3-5-7-9-11-13-15-17-28(36)37/h26,33H,2-24H2,1H3,(H,30,35)(H,31,38)(H,32,34)(H,36,37)/t26-/m0/s1. The van der Waals surface area contributed by atoms with Gasteiger partial charge in [0.15, 0.2) is 0 Å². The third-order valence-corrected chi connectivity index (χ3v) is 6.41. The average Bonchev–Trinajstić information content (AvgIpc) is 2.91. The fourth-order valence-corrected chi connectivity index (χ4v) is 4.17. The Balaban J connectivity index is 3.32. The molecule has 3 amide bonds. The van der Waals surface area contributed by atoms with Crippen molar-refractivity contribution in [3.63, 3.8) is 0 Å². The molecule has 5 N–H and O–H groups in total. The van der Waals surface area contributed by atoms with E-state index in [9.17, 15) is 19.2 Å². The van der Waals surface area contributed by atoms with Crippen LogP contribution in [-0.4, -0.2) is 86.1 Å². The Kier molecular flexibility index (Phi) is 26.7. The summed E-state index contributed by atoms with van der Waals surface area (Å²) in [7, 11) is 0. The van der Waals surface area contributed by atoms with E-state index < -0.39 is 24.5 Å². The zero-order valence-electron chi connectivity index (χ0n) is 24.7. The summed E-state index contributed by atoms with van der Waals surface area (Å²) in [6.07, 6.45) is 17.1. The van der Waals surface area contributed by atoms with Gasteiger partial charge in [0.05, 0.1) is 33.0 Å². The van der Waals surface area contributed by atoms with E-state index >= 15 is 0 Å². The summed E-state index contributed by atoms with van der Waals surface area (Å²) in [5, 5.41) is 25.5. The number of hydrogen-bond acceptors (Lipinski definition) is 7. The third-order valence-electron chi connectivity index (χ3n) is 6.41. The lowest BCUT2D eigenvalue weighted by atomic mass is 10.0. The molecule has 0 fully saturated rings. The number of carbonyl (C=O) groups excluding carboxylic acids is 3. The highest BCUT2D eigenvalue weighted by molar-refractivity contribution is 5.86. The van der Waals surface area contributed by atoms with Gasteiger partial charge in [0.2, 0.25) is 17.7 Å². The maximum Gasteiger partial charge on any atom is 0.303 e. The Bertz CT molecular complexity index is 663. The normalized spacial score (nSPS) is 11.7. The van der Waals surface area contributed by atoms with E-state index in [0.717, 1.165) is 32.1 Å². The van der Waals surface area contributed by atoms with E-state index in [0.29, 0.717) is 39.2 Å². The van der Waals surface area contributed by atoms with Crippen molar-refractivity contribution >= 4 is 23.7 Å². The Hall–Kier alpha value is -2.24. The maximum atomic E-state index is 11.9. The van der Waals surface area contributed by atoms with E-state index in [4.69, 9.17) is 19.7 Å². The van der Waals surface area contributed by atoms with Crippen molar-refractivity contribution in [1.29, 1.82) is 0 Å². The van der Waals surface area contributed by atoms with Crippen LogP contribution in [0.4, 0.5) is 0 Å². The van der Waals surface area contributed by atoms with Crippen LogP contribution in [0, 0.1) is 0 Å². The number of carboxylic acids is 1. The van der Waals surface area contributed by atoms with Gasteiger partial charge in [-0.2, -0.15) is 0 Å². The van der Waals surface area contributed by atoms with E-state index in [-0.39, 0.29) is 25.0 Å². The molecular weight excluding hydrogens is 518 g/mol. The molecule has 0 spiro atoms. The first-order valence-corrected chi connectivity index (χ1v) is 15.2. The first-order valence-electron chi connectivity index (χ1n) is 15.2. The van der Waals surface area contributed by atoms with Crippen molar-refractivity contribution in [2.24, 2.45) is 0 Å². The maximum absolute atomic E-state index is 11.9. The molecule has 0 rings (SSSR count). The number of amides is 3. The monoisotopic (exact) mass is 573 g/mol. The molecule has 0 heterocycles. The number of rotatable bonds is 29. The third kappa shape index (κ3) is 27.3. The second-order valence-corrected chi connectivity index (χ2v) is 10.1. The number of nitrogens with one attached hydrogen (secondary N) is 3. The Morgan fingerprint density at radius 2 is 1.05 bits per heavy atom. The van der Waals surface area contributed by atoms with Gasteiger partial charge in [-0.3, -0.25) is 19.2 Å². The quantitative estimate of drug-likeness (QED) is 0.0853. The number of ether oxygens (including phenoxy) is 2. The fraction of sp³-hybridized carbons (Fsp3) is 0.862. The van der Waals surface area contributed by atoms with Crippen LogP contribution < -0.4 is 16.0 Å². The zero-order chi connectivity index (χ0) is 29.7. The second-order valence-electron chi connectivity index (χ2n) is 10.1.